The maximum absolute atomic E-state index is 14.0. The van der Waals surface area contributed by atoms with Gasteiger partial charge in [0.25, 0.3) is 5.91 Å². The molecule has 2 heterocycles. The number of carbonyl (C=O) groups is 4. The number of halogens is 1. The Kier molecular flexibility index (Phi) is 16.6. The van der Waals surface area contributed by atoms with Gasteiger partial charge in [-0.3, -0.25) is 19.2 Å². The average Bonchev–Trinajstić information content (AvgIpc) is 3.92. The van der Waals surface area contributed by atoms with E-state index in [0.717, 1.165) is 34.5 Å². The highest BCUT2D eigenvalue weighted by atomic mass is 35.5. The van der Waals surface area contributed by atoms with E-state index in [4.69, 9.17) is 25.8 Å². The van der Waals surface area contributed by atoms with E-state index in [0.29, 0.717) is 40.7 Å². The minimum atomic E-state index is -0.962. The van der Waals surface area contributed by atoms with Crippen LogP contribution in [0.15, 0.2) is 72.2 Å². The van der Waals surface area contributed by atoms with Crippen molar-refractivity contribution in [3.63, 3.8) is 0 Å². The number of aliphatic hydroxyl groups excluding tert-OH is 1. The van der Waals surface area contributed by atoms with Gasteiger partial charge < -0.3 is 40.2 Å². The van der Waals surface area contributed by atoms with Gasteiger partial charge in [-0.2, -0.15) is 5.26 Å². The first-order valence-electron chi connectivity index (χ1n) is 23.2. The fourth-order valence-electron chi connectivity index (χ4n) is 9.52. The molecular weight excluding hydrogens is 904 g/mol. The van der Waals surface area contributed by atoms with Crippen LogP contribution in [0.2, 0.25) is 5.02 Å². The molecule has 2 fully saturated rings. The van der Waals surface area contributed by atoms with Crippen molar-refractivity contribution in [2.24, 2.45) is 16.2 Å². The molecule has 14 nitrogen and oxygen atoms in total. The molecule has 1 aliphatic heterocycles. The maximum atomic E-state index is 14.0. The van der Waals surface area contributed by atoms with E-state index in [1.54, 1.807) is 53.8 Å². The van der Waals surface area contributed by atoms with Crippen molar-refractivity contribution in [1.29, 1.82) is 5.26 Å². The van der Waals surface area contributed by atoms with Crippen LogP contribution in [-0.2, 0) is 25.7 Å². The van der Waals surface area contributed by atoms with Gasteiger partial charge in [0, 0.05) is 48.0 Å². The topological polar surface area (TPSA) is 192 Å². The summed E-state index contributed by atoms with van der Waals surface area (Å²) in [6, 6.07) is 20.0. The number of rotatable bonds is 19. The number of hydrogen-bond donors (Lipinski definition) is 4. The number of thiazole rings is 1. The molecule has 4 N–H and O–H groups in total. The summed E-state index contributed by atoms with van der Waals surface area (Å²) in [7, 11) is 0. The quantitative estimate of drug-likeness (QED) is 0.0670. The Morgan fingerprint density at radius 2 is 1.68 bits per heavy atom. The van der Waals surface area contributed by atoms with Crippen molar-refractivity contribution in [2.75, 3.05) is 19.8 Å². The summed E-state index contributed by atoms with van der Waals surface area (Å²) in [4.78, 5) is 60.9. The Morgan fingerprint density at radius 1 is 1.00 bits per heavy atom. The van der Waals surface area contributed by atoms with Gasteiger partial charge in [-0.1, -0.05) is 84.3 Å². The molecule has 1 aliphatic carbocycles. The normalized spacial score (nSPS) is 20.3. The van der Waals surface area contributed by atoms with Crippen LogP contribution in [0.1, 0.15) is 108 Å². The highest BCUT2D eigenvalue weighted by Gasteiger charge is 2.64. The number of β-amino-alcohol motifs (C(OH)–C–C–N with tert-alkyl or cyclic N) is 1. The van der Waals surface area contributed by atoms with Gasteiger partial charge in [-0.15, -0.1) is 11.3 Å². The lowest BCUT2D eigenvalue weighted by Gasteiger charge is -2.63. The highest BCUT2D eigenvalue weighted by molar-refractivity contribution is 7.13. The predicted molar refractivity (Wildman–Crippen MR) is 262 cm³/mol. The van der Waals surface area contributed by atoms with E-state index in [1.807, 2.05) is 64.4 Å². The summed E-state index contributed by atoms with van der Waals surface area (Å²) in [6.45, 7) is 18.1. The summed E-state index contributed by atoms with van der Waals surface area (Å²) in [5.41, 5.74) is 4.12. The number of aryl methyl sites for hydroxylation is 1. The number of nitrogens with one attached hydrogen (secondary N) is 3. The van der Waals surface area contributed by atoms with Crippen LogP contribution in [0.25, 0.3) is 10.4 Å². The molecule has 1 saturated heterocycles. The van der Waals surface area contributed by atoms with E-state index in [2.05, 4.69) is 54.7 Å². The number of amides is 4. The third kappa shape index (κ3) is 12.4. The number of nitriles is 1. The Labute approximate surface area is 409 Å². The first-order chi connectivity index (χ1) is 32.1. The third-order valence-electron chi connectivity index (χ3n) is 13.0. The van der Waals surface area contributed by atoms with E-state index in [1.165, 1.54) is 4.90 Å². The van der Waals surface area contributed by atoms with Crippen molar-refractivity contribution < 1.29 is 38.5 Å². The molecule has 3 aromatic carbocycles. The zero-order valence-corrected chi connectivity index (χ0v) is 42.1. The lowest BCUT2D eigenvalue weighted by Crippen LogP contribution is -2.74. The van der Waals surface area contributed by atoms with Crippen molar-refractivity contribution >= 4 is 46.6 Å². The summed E-state index contributed by atoms with van der Waals surface area (Å²) >= 11 is 7.81. The number of likely N-dealkylation sites (tertiary alicyclic amines) is 1. The van der Waals surface area contributed by atoms with Crippen LogP contribution >= 0.6 is 22.9 Å². The van der Waals surface area contributed by atoms with Crippen molar-refractivity contribution in [3.8, 4) is 28.0 Å². The number of aromatic nitrogens is 1. The average molecular weight is 970 g/mol. The molecule has 6 rings (SSSR count). The summed E-state index contributed by atoms with van der Waals surface area (Å²) < 4.78 is 18.2. The zero-order chi connectivity index (χ0) is 49.6. The van der Waals surface area contributed by atoms with Gasteiger partial charge in [0.2, 0.25) is 17.7 Å². The predicted octanol–water partition coefficient (Wildman–Crippen LogP) is 8.02. The van der Waals surface area contributed by atoms with Crippen molar-refractivity contribution in [1.82, 2.24) is 25.8 Å². The number of carbonyl (C=O) groups excluding carboxylic acids is 4. The van der Waals surface area contributed by atoms with Crippen LogP contribution in [0.4, 0.5) is 0 Å². The molecule has 68 heavy (non-hydrogen) atoms. The second-order valence-corrected chi connectivity index (χ2v) is 21.5. The van der Waals surface area contributed by atoms with Gasteiger partial charge in [-0.25, -0.2) is 4.98 Å². The monoisotopic (exact) mass is 968 g/mol. The molecule has 1 aromatic heterocycles. The fraction of sp³-hybridized carbons (Fsp3) is 0.500. The van der Waals surface area contributed by atoms with Gasteiger partial charge in [0.05, 0.1) is 45.5 Å². The lowest BCUT2D eigenvalue weighted by molar-refractivity contribution is -0.164. The SMILES string of the molecule is Cc1ncsc1-c1ccc(CNC(=O)[C@@H]2C[C@@H](O)CN2C(=O)[C@@H](NC(=O)CO[C@@H](C)CCCCOc2ccc(C(=O)NC3C(C)(C)C(Oc4ccc(C#N)c(Cl)c4)C3(C)C)cc2)C(C)(C)C)cc1. The fourth-order valence-corrected chi connectivity index (χ4v) is 10.5. The van der Waals surface area contributed by atoms with Crippen LogP contribution in [-0.4, -0.2) is 94.8 Å². The zero-order valence-electron chi connectivity index (χ0n) is 40.5. The van der Waals surface area contributed by atoms with Crippen molar-refractivity contribution in [2.45, 2.75) is 131 Å². The number of hydrogen-bond acceptors (Lipinski definition) is 11. The minimum absolute atomic E-state index is 0.0160. The minimum Gasteiger partial charge on any atom is -0.494 e. The molecule has 4 amide bonds. The lowest BCUT2D eigenvalue weighted by atomic mass is 9.49. The molecule has 0 bridgehead atoms. The molecule has 0 spiro atoms. The first kappa shape index (κ1) is 51.9. The number of benzene rings is 3. The highest BCUT2D eigenvalue weighted by Crippen LogP contribution is 2.55. The van der Waals surface area contributed by atoms with E-state index < -0.39 is 46.2 Å². The molecule has 4 aromatic rings. The molecule has 4 atom stereocenters. The summed E-state index contributed by atoms with van der Waals surface area (Å²) in [6.07, 6.45) is 0.965. The first-order valence-corrected chi connectivity index (χ1v) is 24.4. The Balaban J connectivity index is 0.895. The van der Waals surface area contributed by atoms with Crippen molar-refractivity contribution in [3.05, 3.63) is 99.6 Å². The maximum Gasteiger partial charge on any atom is 0.251 e. The molecule has 0 radical (unpaired) electrons. The van der Waals surface area contributed by atoms with Crippen LogP contribution in [0.5, 0.6) is 11.5 Å². The standard InChI is InChI=1S/C52H65ClN6O8S/c1-31(12-10-11-23-65-38-20-17-35(18-21-38)45(62)58-48-51(6,7)49(52(48,8)9)67-39-22-19-36(26-54)40(53)25-39)66-29-42(61)57-44(50(3,4)5)47(64)59-28-37(60)24-41(59)46(63)55-27-33-13-15-34(16-14-33)43-32(2)56-30-68-43/h13-22,25,30-31,37,41,44,48-49,60H,10-12,23-24,27-29H2,1-9H3,(H,55,63)(H,57,61)(H,58,62)/t31-,37+,41-,44+,48?,49?/m0/s1. The Hall–Kier alpha value is -5.53. The summed E-state index contributed by atoms with van der Waals surface area (Å²) in [5, 5.41) is 29.1. The number of nitrogens with zero attached hydrogens (tertiary/aromatic N) is 3. The molecule has 0 unspecified atom stereocenters. The molecule has 16 heteroatoms. The smallest absolute Gasteiger partial charge is 0.251 e. The number of aliphatic hydroxyl groups is 1. The molecular formula is C52H65ClN6O8S. The molecule has 364 valence electrons. The van der Waals surface area contributed by atoms with Crippen LogP contribution in [0, 0.1) is 34.5 Å². The number of unbranched alkanes of at least 4 members (excludes halogenated alkanes) is 1. The van der Waals surface area contributed by atoms with Gasteiger partial charge in [0.15, 0.2) is 0 Å². The van der Waals surface area contributed by atoms with E-state index in [9.17, 15) is 29.5 Å². The van der Waals surface area contributed by atoms with Gasteiger partial charge in [-0.05, 0) is 86.1 Å². The molecule has 2 aliphatic rings. The third-order valence-corrected chi connectivity index (χ3v) is 14.3. The van der Waals surface area contributed by atoms with E-state index in [-0.39, 0.29) is 56.2 Å². The Morgan fingerprint density at radius 3 is 2.29 bits per heavy atom. The Bertz CT molecular complexity index is 2450. The van der Waals surface area contributed by atoms with Gasteiger partial charge in [0.1, 0.15) is 42.4 Å². The van der Waals surface area contributed by atoms with Gasteiger partial charge >= 0.3 is 0 Å². The van der Waals surface area contributed by atoms with E-state index >= 15 is 0 Å². The number of ether oxygens (including phenoxy) is 3. The summed E-state index contributed by atoms with van der Waals surface area (Å²) in [5.74, 6) is -0.237. The largest absolute Gasteiger partial charge is 0.494 e. The second kappa shape index (κ2) is 21.8. The second-order valence-electron chi connectivity index (χ2n) is 20.2. The molecule has 1 saturated carbocycles. The van der Waals surface area contributed by atoms with Crippen LogP contribution < -0.4 is 25.4 Å². The van der Waals surface area contributed by atoms with Crippen LogP contribution in [0.3, 0.4) is 0 Å².